The van der Waals surface area contributed by atoms with Crippen molar-refractivity contribution in [2.45, 2.75) is 30.7 Å². The van der Waals surface area contributed by atoms with Gasteiger partial charge in [0.25, 0.3) is 0 Å². The van der Waals surface area contributed by atoms with Gasteiger partial charge in [-0.25, -0.2) is 0 Å². The van der Waals surface area contributed by atoms with E-state index in [2.05, 4.69) is 37.2 Å². The molecule has 0 heterocycles. The van der Waals surface area contributed by atoms with Gasteiger partial charge in [0.05, 0.1) is 6.54 Å². The Morgan fingerprint density at radius 1 is 1.12 bits per heavy atom. The number of anilines is 1. The molecule has 0 spiro atoms. The van der Waals surface area contributed by atoms with E-state index in [4.69, 9.17) is 5.73 Å². The summed E-state index contributed by atoms with van der Waals surface area (Å²) in [4.78, 5) is 0. The second-order valence-corrected chi connectivity index (χ2v) is 8.26. The van der Waals surface area contributed by atoms with Crippen molar-refractivity contribution in [3.8, 4) is 0 Å². The lowest BCUT2D eigenvalue weighted by molar-refractivity contribution is -0.260. The van der Waals surface area contributed by atoms with E-state index in [0.717, 1.165) is 24.0 Å². The van der Waals surface area contributed by atoms with E-state index in [0.29, 0.717) is 14.6 Å². The van der Waals surface area contributed by atoms with Gasteiger partial charge in [0, 0.05) is 20.7 Å². The lowest BCUT2D eigenvalue weighted by atomic mass is 9.92. The summed E-state index contributed by atoms with van der Waals surface area (Å²) in [6, 6.07) is 9.44. The molecule has 140 valence electrons. The molecule has 0 amide bonds. The highest BCUT2D eigenvalue weighted by Gasteiger charge is 2.55. The minimum atomic E-state index is -4.85. The van der Waals surface area contributed by atoms with Crippen LogP contribution in [0.25, 0.3) is 0 Å². The maximum atomic E-state index is 13.7. The SMILES string of the molecule is N[C@@H]1CCc2cc(NC[C@@](O)(c3cc(Br)cc(Br)c3)C(F)(F)F)ccc21. The fraction of sp³-hybridized carbons (Fsp3) is 0.333. The van der Waals surface area contributed by atoms with E-state index in [1.807, 2.05) is 6.07 Å². The van der Waals surface area contributed by atoms with Crippen LogP contribution in [-0.4, -0.2) is 17.8 Å². The molecule has 0 fully saturated rings. The normalized spacial score (nSPS) is 19.1. The molecule has 4 N–H and O–H groups in total. The Morgan fingerprint density at radius 2 is 1.77 bits per heavy atom. The molecule has 3 nitrogen and oxygen atoms in total. The minimum Gasteiger partial charge on any atom is -0.381 e. The van der Waals surface area contributed by atoms with Crippen LogP contribution >= 0.6 is 31.9 Å². The van der Waals surface area contributed by atoms with Gasteiger partial charge in [-0.15, -0.1) is 0 Å². The van der Waals surface area contributed by atoms with E-state index >= 15 is 0 Å². The Labute approximate surface area is 166 Å². The Morgan fingerprint density at radius 3 is 2.38 bits per heavy atom. The second kappa shape index (κ2) is 7.14. The van der Waals surface area contributed by atoms with Crippen LogP contribution in [0.5, 0.6) is 0 Å². The third-order valence-electron chi connectivity index (χ3n) is 4.62. The fourth-order valence-electron chi connectivity index (χ4n) is 3.15. The number of nitrogens with one attached hydrogen (secondary N) is 1. The fourth-order valence-corrected chi connectivity index (χ4v) is 4.44. The highest BCUT2D eigenvalue weighted by atomic mass is 79.9. The van der Waals surface area contributed by atoms with E-state index in [1.54, 1.807) is 18.2 Å². The van der Waals surface area contributed by atoms with Gasteiger partial charge in [0.15, 0.2) is 0 Å². The summed E-state index contributed by atoms with van der Waals surface area (Å²) in [6.07, 6.45) is -3.22. The van der Waals surface area contributed by atoms with Crippen LogP contribution in [0.1, 0.15) is 29.2 Å². The molecule has 1 aliphatic carbocycles. The monoisotopic (exact) mass is 492 g/mol. The Kier molecular flexibility index (Phi) is 5.40. The number of nitrogens with two attached hydrogens (primary N) is 1. The van der Waals surface area contributed by atoms with Crippen molar-refractivity contribution in [2.75, 3.05) is 11.9 Å². The summed E-state index contributed by atoms with van der Waals surface area (Å²) in [5.41, 5.74) is 5.28. The van der Waals surface area contributed by atoms with Crippen LogP contribution < -0.4 is 11.1 Å². The number of aliphatic hydroxyl groups is 1. The van der Waals surface area contributed by atoms with Crippen LogP contribution in [0.2, 0.25) is 0 Å². The molecule has 8 heteroatoms. The molecule has 0 saturated carbocycles. The second-order valence-electron chi connectivity index (χ2n) is 6.43. The molecular weight excluding hydrogens is 477 g/mol. The predicted molar refractivity (Wildman–Crippen MR) is 102 cm³/mol. The van der Waals surface area contributed by atoms with Crippen LogP contribution in [0.4, 0.5) is 18.9 Å². The summed E-state index contributed by atoms with van der Waals surface area (Å²) in [7, 11) is 0. The number of aryl methyl sites for hydroxylation is 1. The number of hydrogen-bond acceptors (Lipinski definition) is 3. The lowest BCUT2D eigenvalue weighted by Crippen LogP contribution is -2.47. The minimum absolute atomic E-state index is 0.0230. The van der Waals surface area contributed by atoms with Crippen molar-refractivity contribution in [1.29, 1.82) is 0 Å². The molecule has 2 aromatic carbocycles. The maximum Gasteiger partial charge on any atom is 0.423 e. The van der Waals surface area contributed by atoms with Crippen molar-refractivity contribution in [3.63, 3.8) is 0 Å². The van der Waals surface area contributed by atoms with E-state index in [-0.39, 0.29) is 11.6 Å². The first-order valence-corrected chi connectivity index (χ1v) is 9.57. The largest absolute Gasteiger partial charge is 0.423 e. The molecule has 0 bridgehead atoms. The van der Waals surface area contributed by atoms with Crippen LogP contribution in [-0.2, 0) is 12.0 Å². The first-order valence-electron chi connectivity index (χ1n) is 7.98. The van der Waals surface area contributed by atoms with Gasteiger partial charge in [0.2, 0.25) is 5.60 Å². The first kappa shape index (κ1) is 19.7. The van der Waals surface area contributed by atoms with Crippen molar-refractivity contribution in [2.24, 2.45) is 5.73 Å². The smallest absolute Gasteiger partial charge is 0.381 e. The van der Waals surface area contributed by atoms with E-state index in [9.17, 15) is 18.3 Å². The summed E-state index contributed by atoms with van der Waals surface area (Å²) >= 11 is 6.33. The van der Waals surface area contributed by atoms with Crippen molar-refractivity contribution in [3.05, 3.63) is 62.0 Å². The third-order valence-corrected chi connectivity index (χ3v) is 5.54. The van der Waals surface area contributed by atoms with E-state index in [1.165, 1.54) is 12.1 Å². The molecule has 2 aromatic rings. The average molecular weight is 494 g/mol. The van der Waals surface area contributed by atoms with Crippen molar-refractivity contribution in [1.82, 2.24) is 0 Å². The van der Waals surface area contributed by atoms with E-state index < -0.39 is 18.3 Å². The molecule has 0 aliphatic heterocycles. The summed E-state index contributed by atoms with van der Waals surface area (Å²) in [5, 5.41) is 13.2. The zero-order valence-electron chi connectivity index (χ0n) is 13.6. The van der Waals surface area contributed by atoms with Gasteiger partial charge in [-0.05, 0) is 59.9 Å². The van der Waals surface area contributed by atoms with Gasteiger partial charge in [-0.3, -0.25) is 0 Å². The zero-order chi connectivity index (χ0) is 19.1. The highest BCUT2D eigenvalue weighted by Crippen LogP contribution is 2.41. The highest BCUT2D eigenvalue weighted by molar-refractivity contribution is 9.11. The van der Waals surface area contributed by atoms with Crippen LogP contribution in [0, 0.1) is 0 Å². The van der Waals surface area contributed by atoms with Gasteiger partial charge in [0.1, 0.15) is 0 Å². The molecule has 26 heavy (non-hydrogen) atoms. The topological polar surface area (TPSA) is 58.3 Å². The summed E-state index contributed by atoms with van der Waals surface area (Å²) < 4.78 is 42.0. The summed E-state index contributed by atoms with van der Waals surface area (Å²) in [6.45, 7) is -0.704. The zero-order valence-corrected chi connectivity index (χ0v) is 16.7. The number of hydrogen-bond donors (Lipinski definition) is 3. The number of alkyl halides is 3. The number of halogens is 5. The van der Waals surface area contributed by atoms with Gasteiger partial charge in [-0.2, -0.15) is 13.2 Å². The Balaban J connectivity index is 1.88. The molecule has 0 unspecified atom stereocenters. The first-order chi connectivity index (χ1) is 12.1. The lowest BCUT2D eigenvalue weighted by Gasteiger charge is -2.32. The number of rotatable bonds is 4. The molecule has 3 rings (SSSR count). The molecule has 0 radical (unpaired) electrons. The molecule has 1 aliphatic rings. The van der Waals surface area contributed by atoms with Gasteiger partial charge < -0.3 is 16.2 Å². The van der Waals surface area contributed by atoms with Gasteiger partial charge >= 0.3 is 6.18 Å². The Hall–Kier alpha value is -1.09. The third kappa shape index (κ3) is 3.78. The van der Waals surface area contributed by atoms with Crippen LogP contribution in [0.15, 0.2) is 45.3 Å². The van der Waals surface area contributed by atoms with Gasteiger partial charge in [-0.1, -0.05) is 37.9 Å². The van der Waals surface area contributed by atoms with Crippen LogP contribution in [0.3, 0.4) is 0 Å². The van der Waals surface area contributed by atoms with Crippen molar-refractivity contribution >= 4 is 37.5 Å². The molecule has 2 atom stereocenters. The number of fused-ring (bicyclic) bond motifs is 1. The van der Waals surface area contributed by atoms with Crippen molar-refractivity contribution < 1.29 is 18.3 Å². The predicted octanol–water partition coefficient (Wildman–Crippen LogP) is 5.02. The number of benzene rings is 2. The molecular formula is C18H17Br2F3N2O. The standard InChI is InChI=1S/C18H17Br2F3N2O/c19-12-6-11(7-13(20)8-12)17(26,18(21,22)23)9-25-14-2-3-15-10(5-14)1-4-16(15)24/h2-3,5-8,16,25-26H,1,4,9,24H2/t16-,17-/m1/s1. The molecule has 0 saturated heterocycles. The average Bonchev–Trinajstić information content (AvgIpc) is 2.91. The summed E-state index contributed by atoms with van der Waals surface area (Å²) in [5.74, 6) is 0. The quantitative estimate of drug-likeness (QED) is 0.560. The Bertz CT molecular complexity index is 808. The maximum absolute atomic E-state index is 13.7. The molecule has 0 aromatic heterocycles.